The summed E-state index contributed by atoms with van der Waals surface area (Å²) in [6.07, 6.45) is 0. The summed E-state index contributed by atoms with van der Waals surface area (Å²) in [6.45, 7) is -0.231. The third-order valence-electron chi connectivity index (χ3n) is 18.7. The minimum atomic E-state index is -0.231. The van der Waals surface area contributed by atoms with E-state index >= 15 is 0 Å². The highest BCUT2D eigenvalue weighted by Crippen LogP contribution is 2.50. The lowest BCUT2D eigenvalue weighted by Crippen LogP contribution is -2.61. The van der Waals surface area contributed by atoms with E-state index in [0.29, 0.717) is 5.82 Å². The van der Waals surface area contributed by atoms with Crippen molar-refractivity contribution in [3.8, 4) is 78.4 Å². The van der Waals surface area contributed by atoms with Gasteiger partial charge in [-0.25, -0.2) is 9.97 Å². The molecule has 0 radical (unpaired) electrons. The van der Waals surface area contributed by atoms with Gasteiger partial charge in [-0.1, -0.05) is 267 Å². The average molecular weight is 1160 g/mol. The van der Waals surface area contributed by atoms with Crippen LogP contribution in [0.25, 0.3) is 122 Å². The van der Waals surface area contributed by atoms with Crippen molar-refractivity contribution in [1.29, 1.82) is 0 Å². The summed E-state index contributed by atoms with van der Waals surface area (Å²) in [5, 5.41) is 9.69. The summed E-state index contributed by atoms with van der Waals surface area (Å²) in [5.74, 6) is 0.661. The van der Waals surface area contributed by atoms with Gasteiger partial charge in [-0.05, 0) is 171 Å². The van der Waals surface area contributed by atoms with Gasteiger partial charge in [0.2, 0.25) is 0 Å². The van der Waals surface area contributed by atoms with Crippen molar-refractivity contribution < 1.29 is 0 Å². The molecule has 0 saturated heterocycles. The van der Waals surface area contributed by atoms with Gasteiger partial charge in [0.25, 0.3) is 6.71 Å². The van der Waals surface area contributed by atoms with Crippen LogP contribution in [0.15, 0.2) is 334 Å². The molecule has 0 saturated carbocycles. The van der Waals surface area contributed by atoms with Crippen LogP contribution in [0.3, 0.4) is 0 Å². The Balaban J connectivity index is 1.02. The summed E-state index contributed by atoms with van der Waals surface area (Å²) in [4.78, 5) is 16.2. The van der Waals surface area contributed by atoms with Crippen LogP contribution in [0.5, 0.6) is 0 Å². The molecule has 0 fully saturated rings. The lowest BCUT2D eigenvalue weighted by atomic mass is 9.33. The van der Waals surface area contributed by atoms with Gasteiger partial charge < -0.3 is 9.80 Å². The Morgan fingerprint density at radius 1 is 0.220 bits per heavy atom. The fraction of sp³-hybridized carbons (Fsp3) is 0. The van der Waals surface area contributed by atoms with E-state index in [1.54, 1.807) is 0 Å². The molecule has 5 heteroatoms. The van der Waals surface area contributed by atoms with Gasteiger partial charge in [0.05, 0.1) is 11.4 Å². The molecule has 3 heterocycles. The zero-order valence-electron chi connectivity index (χ0n) is 49.6. The first kappa shape index (κ1) is 52.2. The SMILES string of the molecule is c1ccc(-c2cc(-c3ccccc3)cc(N3c4cc5ccc6ccccc6c5cc4B4c5cc6c(ccc7ccccc76)cc5N(c5cc(-c6ccccc6)cc(-c6ccccc6)c5)c5cc(-c6cc(-c7ccccc7)nc(-c7ccccc7)n6)cc3c54)c2)cc1. The first-order valence-electron chi connectivity index (χ1n) is 31.3. The molecule has 0 bridgehead atoms. The Bertz CT molecular complexity index is 5080. The highest BCUT2D eigenvalue weighted by atomic mass is 15.2. The zero-order chi connectivity index (χ0) is 59.9. The van der Waals surface area contributed by atoms with Crippen molar-refractivity contribution in [2.24, 2.45) is 0 Å². The van der Waals surface area contributed by atoms with E-state index in [4.69, 9.17) is 9.97 Å². The Morgan fingerprint density at radius 3 is 0.967 bits per heavy atom. The van der Waals surface area contributed by atoms with Crippen molar-refractivity contribution in [3.63, 3.8) is 0 Å². The van der Waals surface area contributed by atoms with E-state index in [1.165, 1.54) is 59.5 Å². The molecule has 18 rings (SSSR count). The maximum atomic E-state index is 5.65. The lowest BCUT2D eigenvalue weighted by molar-refractivity contribution is 1.18. The third-order valence-corrected chi connectivity index (χ3v) is 18.7. The fourth-order valence-electron chi connectivity index (χ4n) is 14.4. The number of nitrogens with zero attached hydrogens (tertiary/aromatic N) is 4. The van der Waals surface area contributed by atoms with Crippen LogP contribution >= 0.6 is 0 Å². The van der Waals surface area contributed by atoms with Crippen molar-refractivity contribution in [2.75, 3.05) is 9.80 Å². The first-order valence-corrected chi connectivity index (χ1v) is 31.3. The van der Waals surface area contributed by atoms with Crippen molar-refractivity contribution in [2.45, 2.75) is 0 Å². The molecule has 2 aliphatic heterocycles. The highest BCUT2D eigenvalue weighted by Gasteiger charge is 2.45. The van der Waals surface area contributed by atoms with Crippen molar-refractivity contribution in [1.82, 2.24) is 9.97 Å². The summed E-state index contributed by atoms with van der Waals surface area (Å²) in [5.41, 5.74) is 23.9. The molecule has 15 aromatic carbocycles. The standard InChI is InChI=1S/C86H55BN4/c1-7-23-56(24-8-1)66-43-67(57-25-9-2-10-26-57)46-71(45-66)90-81-49-64-41-39-60-31-19-21-37-73(60)75(64)53-77(81)87-78-54-76-65(42-40-61-32-20-22-38-74(61)76)50-82(78)91(72-47-68(58-27-11-3-12-28-58)44-69(48-72)59-29-13-4-14-30-59)84-52-70(51-83(90)85(84)87)80-55-79(62-33-15-5-16-34-62)88-86(89-80)63-35-17-6-18-36-63/h1-55H. The topological polar surface area (TPSA) is 32.3 Å². The molecule has 0 unspecified atom stereocenters. The normalized spacial score (nSPS) is 12.3. The van der Waals surface area contributed by atoms with E-state index in [-0.39, 0.29) is 6.71 Å². The van der Waals surface area contributed by atoms with Gasteiger partial charge in [0.15, 0.2) is 5.82 Å². The molecule has 2 aliphatic rings. The molecular weight excluding hydrogens is 1100 g/mol. The highest BCUT2D eigenvalue weighted by molar-refractivity contribution is 7.00. The van der Waals surface area contributed by atoms with Gasteiger partial charge in [-0.15, -0.1) is 0 Å². The largest absolute Gasteiger partial charge is 0.311 e. The molecule has 91 heavy (non-hydrogen) atoms. The Hall–Kier alpha value is -11.9. The minimum absolute atomic E-state index is 0.231. The van der Waals surface area contributed by atoms with E-state index < -0.39 is 0 Å². The summed E-state index contributed by atoms with van der Waals surface area (Å²) in [7, 11) is 0. The van der Waals surface area contributed by atoms with Gasteiger partial charge in [0.1, 0.15) is 0 Å². The van der Waals surface area contributed by atoms with Crippen LogP contribution in [0.1, 0.15) is 0 Å². The fourth-order valence-corrected chi connectivity index (χ4v) is 14.4. The van der Waals surface area contributed by atoms with Crippen LogP contribution in [0, 0.1) is 0 Å². The Morgan fingerprint density at radius 2 is 0.560 bits per heavy atom. The quantitative estimate of drug-likeness (QED) is 0.106. The van der Waals surface area contributed by atoms with E-state index in [0.717, 1.165) is 107 Å². The van der Waals surface area contributed by atoms with Crippen LogP contribution in [0.2, 0.25) is 0 Å². The third kappa shape index (κ3) is 9.00. The van der Waals surface area contributed by atoms with Crippen molar-refractivity contribution in [3.05, 3.63) is 334 Å². The van der Waals surface area contributed by atoms with E-state index in [2.05, 4.69) is 343 Å². The Kier molecular flexibility index (Phi) is 12.3. The summed E-state index contributed by atoms with van der Waals surface area (Å²) in [6, 6.07) is 123. The molecule has 4 nitrogen and oxygen atoms in total. The number of anilines is 6. The summed E-state index contributed by atoms with van der Waals surface area (Å²) < 4.78 is 0. The second-order valence-corrected chi connectivity index (χ2v) is 24.1. The molecule has 0 amide bonds. The van der Waals surface area contributed by atoms with Crippen LogP contribution in [0.4, 0.5) is 34.1 Å². The van der Waals surface area contributed by atoms with Crippen LogP contribution in [-0.4, -0.2) is 16.7 Å². The van der Waals surface area contributed by atoms with E-state index in [1.807, 2.05) is 0 Å². The molecule has 0 spiro atoms. The predicted octanol–water partition coefficient (Wildman–Crippen LogP) is 20.8. The number of hydrogen-bond donors (Lipinski definition) is 0. The second kappa shape index (κ2) is 21.4. The van der Waals surface area contributed by atoms with Crippen LogP contribution in [-0.2, 0) is 0 Å². The molecule has 0 aliphatic carbocycles. The molecular formula is C86H55BN4. The van der Waals surface area contributed by atoms with Crippen LogP contribution < -0.4 is 26.2 Å². The maximum absolute atomic E-state index is 5.65. The predicted molar refractivity (Wildman–Crippen MR) is 384 cm³/mol. The van der Waals surface area contributed by atoms with Gasteiger partial charge in [0, 0.05) is 50.8 Å². The average Bonchev–Trinajstić information content (AvgIpc) is 0.696. The number of benzene rings is 15. The molecule has 0 N–H and O–H groups in total. The summed E-state index contributed by atoms with van der Waals surface area (Å²) >= 11 is 0. The molecule has 422 valence electrons. The zero-order valence-corrected chi connectivity index (χ0v) is 49.6. The number of aromatic nitrogens is 2. The number of hydrogen-bond acceptors (Lipinski definition) is 4. The molecule has 16 aromatic rings. The van der Waals surface area contributed by atoms with Gasteiger partial charge >= 0.3 is 0 Å². The first-order chi connectivity index (χ1) is 45.1. The Labute approximate surface area is 529 Å². The minimum Gasteiger partial charge on any atom is -0.311 e. The van der Waals surface area contributed by atoms with Crippen molar-refractivity contribution >= 4 is 100 Å². The molecule has 0 atom stereocenters. The smallest absolute Gasteiger partial charge is 0.252 e. The molecule has 1 aromatic heterocycles. The monoisotopic (exact) mass is 1150 g/mol. The van der Waals surface area contributed by atoms with E-state index in [9.17, 15) is 0 Å². The van der Waals surface area contributed by atoms with Gasteiger partial charge in [-0.3, -0.25) is 0 Å². The second-order valence-electron chi connectivity index (χ2n) is 24.1. The lowest BCUT2D eigenvalue weighted by Gasteiger charge is -2.45. The number of fused-ring (bicyclic) bond motifs is 10. The maximum Gasteiger partial charge on any atom is 0.252 e. The van der Waals surface area contributed by atoms with Gasteiger partial charge in [-0.2, -0.15) is 0 Å². The number of rotatable bonds is 9.